The molecule has 0 saturated carbocycles. The van der Waals surface area contributed by atoms with Crippen LogP contribution in [0.2, 0.25) is 0 Å². The van der Waals surface area contributed by atoms with E-state index in [1.165, 1.54) is 14.7 Å². The summed E-state index contributed by atoms with van der Waals surface area (Å²) < 4.78 is 3.48. The van der Waals surface area contributed by atoms with Crippen LogP contribution in [-0.2, 0) is 6.54 Å². The molecule has 0 aliphatic heterocycles. The Morgan fingerprint density at radius 1 is 1.15 bits per heavy atom. The zero-order valence-corrected chi connectivity index (χ0v) is 17.4. The molecule has 2 N–H and O–H groups in total. The van der Waals surface area contributed by atoms with E-state index in [-0.39, 0.29) is 0 Å². The summed E-state index contributed by atoms with van der Waals surface area (Å²) in [4.78, 5) is 12.0. The molecule has 27 heavy (non-hydrogen) atoms. The molecule has 1 radical (unpaired) electrons. The summed E-state index contributed by atoms with van der Waals surface area (Å²) in [5.74, 6) is 0.00118. The number of carbonyl (C=O) groups excluding carboxylic acids is 1. The fourth-order valence-corrected chi connectivity index (χ4v) is 3.91. The van der Waals surface area contributed by atoms with E-state index >= 15 is 0 Å². The average Bonchev–Trinajstić information content (AvgIpc) is 2.96. The fourth-order valence-electron chi connectivity index (χ4n) is 3.55. The van der Waals surface area contributed by atoms with Crippen LogP contribution in [0.1, 0.15) is 41.3 Å². The highest BCUT2D eigenvalue weighted by Crippen LogP contribution is 2.33. The Hall–Kier alpha value is -2.34. The average molecular weight is 467 g/mol. The van der Waals surface area contributed by atoms with Crippen LogP contribution in [0.5, 0.6) is 0 Å². The number of hydrogen-bond donors (Lipinski definition) is 1. The minimum absolute atomic E-state index is 0.407. The van der Waals surface area contributed by atoms with Crippen molar-refractivity contribution in [2.75, 3.05) is 0 Å². The first-order chi connectivity index (χ1) is 13.0. The molecule has 1 heterocycles. The monoisotopic (exact) mass is 467 g/mol. The normalized spacial score (nSPS) is 11.6. The van der Waals surface area contributed by atoms with Gasteiger partial charge in [0.2, 0.25) is 5.91 Å². The molecule has 0 saturated heterocycles. The SMILES string of the molecule is CC(C)c1c[c]c2c3c(C(N)=O)cccc3n(Cc3ccc(I)cc3)c2c1. The molecule has 135 valence electrons. The molecule has 1 amide bonds. The van der Waals surface area contributed by atoms with Crippen molar-refractivity contribution in [3.05, 3.63) is 80.9 Å². The molecule has 0 atom stereocenters. The van der Waals surface area contributed by atoms with Gasteiger partial charge in [-0.15, -0.1) is 0 Å². The Bertz CT molecular complexity index is 1160. The van der Waals surface area contributed by atoms with Crippen molar-refractivity contribution < 1.29 is 4.79 Å². The van der Waals surface area contributed by atoms with Crippen molar-refractivity contribution in [2.45, 2.75) is 26.3 Å². The molecule has 1 aromatic heterocycles. The Labute approximate surface area is 172 Å². The Kier molecular flexibility index (Phi) is 4.68. The van der Waals surface area contributed by atoms with E-state index in [0.717, 1.165) is 28.4 Å². The fraction of sp³-hybridized carbons (Fsp3) is 0.174. The van der Waals surface area contributed by atoms with Crippen LogP contribution in [0.25, 0.3) is 21.8 Å². The second-order valence-corrected chi connectivity index (χ2v) is 8.37. The van der Waals surface area contributed by atoms with Crippen molar-refractivity contribution in [2.24, 2.45) is 5.73 Å². The van der Waals surface area contributed by atoms with Crippen molar-refractivity contribution in [3.8, 4) is 0 Å². The lowest BCUT2D eigenvalue weighted by molar-refractivity contribution is 0.100. The lowest BCUT2D eigenvalue weighted by atomic mass is 10.00. The zero-order chi connectivity index (χ0) is 19.1. The maximum atomic E-state index is 12.0. The largest absolute Gasteiger partial charge is 0.366 e. The molecule has 0 fully saturated rings. The van der Waals surface area contributed by atoms with Crippen LogP contribution in [-0.4, -0.2) is 10.5 Å². The molecule has 0 bridgehead atoms. The summed E-state index contributed by atoms with van der Waals surface area (Å²) in [6.07, 6.45) is 0. The third kappa shape index (κ3) is 3.23. The van der Waals surface area contributed by atoms with E-state index < -0.39 is 5.91 Å². The maximum absolute atomic E-state index is 12.0. The first-order valence-electron chi connectivity index (χ1n) is 8.96. The molecular formula is C23H20IN2O. The first-order valence-corrected chi connectivity index (χ1v) is 10.0. The van der Waals surface area contributed by atoms with E-state index in [4.69, 9.17) is 5.73 Å². The van der Waals surface area contributed by atoms with Gasteiger partial charge in [-0.1, -0.05) is 38.1 Å². The number of halogens is 1. The molecule has 3 aromatic carbocycles. The maximum Gasteiger partial charge on any atom is 0.249 e. The Morgan fingerprint density at radius 2 is 1.89 bits per heavy atom. The molecule has 0 aliphatic rings. The van der Waals surface area contributed by atoms with Gasteiger partial charge in [0.05, 0.1) is 11.0 Å². The molecule has 0 aliphatic carbocycles. The summed E-state index contributed by atoms with van der Waals surface area (Å²) in [6, 6.07) is 21.9. The van der Waals surface area contributed by atoms with Gasteiger partial charge in [0, 0.05) is 26.5 Å². The second kappa shape index (κ2) is 7.00. The van der Waals surface area contributed by atoms with Gasteiger partial charge < -0.3 is 10.3 Å². The molecule has 4 aromatic rings. The number of amides is 1. The van der Waals surface area contributed by atoms with Crippen LogP contribution >= 0.6 is 22.6 Å². The number of benzene rings is 3. The number of aromatic nitrogens is 1. The first kappa shape index (κ1) is 18.0. The smallest absolute Gasteiger partial charge is 0.249 e. The highest BCUT2D eigenvalue weighted by Gasteiger charge is 2.17. The van der Waals surface area contributed by atoms with Gasteiger partial charge >= 0.3 is 0 Å². The third-order valence-corrected chi connectivity index (χ3v) is 5.72. The van der Waals surface area contributed by atoms with Gasteiger partial charge in [-0.2, -0.15) is 0 Å². The molecule has 4 rings (SSSR count). The van der Waals surface area contributed by atoms with Gasteiger partial charge in [0.15, 0.2) is 0 Å². The molecule has 4 heteroatoms. The number of fused-ring (bicyclic) bond motifs is 3. The van der Waals surface area contributed by atoms with E-state index in [0.29, 0.717) is 11.5 Å². The number of carbonyl (C=O) groups is 1. The van der Waals surface area contributed by atoms with E-state index in [1.807, 2.05) is 12.1 Å². The number of primary amides is 1. The topological polar surface area (TPSA) is 48.0 Å². The van der Waals surface area contributed by atoms with Gasteiger partial charge in [0.1, 0.15) is 0 Å². The zero-order valence-electron chi connectivity index (χ0n) is 15.3. The summed E-state index contributed by atoms with van der Waals surface area (Å²) in [6.45, 7) is 5.08. The Balaban J connectivity index is 2.03. The standard InChI is InChI=1S/C23H20IN2O/c1-14(2)16-8-11-18-21(12-16)26(13-15-6-9-17(24)10-7-15)20-5-3-4-19(22(18)20)23(25)27/h3-10,12,14H,13H2,1-2H3,(H2,25,27). The van der Waals surface area contributed by atoms with Crippen molar-refractivity contribution in [3.63, 3.8) is 0 Å². The quantitative estimate of drug-likeness (QED) is 0.398. The summed E-state index contributed by atoms with van der Waals surface area (Å²) in [5.41, 5.74) is 10.8. The van der Waals surface area contributed by atoms with Crippen LogP contribution in [0.3, 0.4) is 0 Å². The van der Waals surface area contributed by atoms with Gasteiger partial charge in [-0.25, -0.2) is 0 Å². The molecule has 3 nitrogen and oxygen atoms in total. The van der Waals surface area contributed by atoms with Crippen molar-refractivity contribution in [1.82, 2.24) is 4.57 Å². The molecule has 0 unspecified atom stereocenters. The van der Waals surface area contributed by atoms with Gasteiger partial charge in [0.25, 0.3) is 0 Å². The number of rotatable bonds is 4. The number of nitrogens with zero attached hydrogens (tertiary/aromatic N) is 1. The van der Waals surface area contributed by atoms with E-state index in [1.54, 1.807) is 6.07 Å². The molecular weight excluding hydrogens is 447 g/mol. The minimum Gasteiger partial charge on any atom is -0.366 e. The molecule has 0 spiro atoms. The lowest BCUT2D eigenvalue weighted by Crippen LogP contribution is -2.11. The van der Waals surface area contributed by atoms with Gasteiger partial charge in [-0.05, 0) is 76.0 Å². The predicted octanol–water partition coefficient (Wildman–Crippen LogP) is 5.47. The number of nitrogens with two attached hydrogens (primary N) is 1. The van der Waals surface area contributed by atoms with Gasteiger partial charge in [-0.3, -0.25) is 4.79 Å². The van der Waals surface area contributed by atoms with Crippen molar-refractivity contribution >= 4 is 50.3 Å². The summed E-state index contributed by atoms with van der Waals surface area (Å²) in [7, 11) is 0. The summed E-state index contributed by atoms with van der Waals surface area (Å²) >= 11 is 2.31. The highest BCUT2D eigenvalue weighted by atomic mass is 127. The van der Waals surface area contributed by atoms with Crippen molar-refractivity contribution in [1.29, 1.82) is 0 Å². The highest BCUT2D eigenvalue weighted by molar-refractivity contribution is 14.1. The van der Waals surface area contributed by atoms with E-state index in [2.05, 4.69) is 83.5 Å². The second-order valence-electron chi connectivity index (χ2n) is 7.12. The Morgan fingerprint density at radius 3 is 2.56 bits per heavy atom. The van der Waals surface area contributed by atoms with Crippen LogP contribution < -0.4 is 5.73 Å². The number of hydrogen-bond acceptors (Lipinski definition) is 1. The van der Waals surface area contributed by atoms with Crippen LogP contribution in [0.15, 0.2) is 54.6 Å². The third-order valence-electron chi connectivity index (χ3n) is 5.00. The summed E-state index contributed by atoms with van der Waals surface area (Å²) in [5, 5.41) is 1.84. The lowest BCUT2D eigenvalue weighted by Gasteiger charge is -2.10. The predicted molar refractivity (Wildman–Crippen MR) is 119 cm³/mol. The van der Waals surface area contributed by atoms with E-state index in [9.17, 15) is 4.79 Å². The van der Waals surface area contributed by atoms with Crippen LogP contribution in [0, 0.1) is 9.64 Å². The minimum atomic E-state index is -0.407. The van der Waals surface area contributed by atoms with Crippen LogP contribution in [0.4, 0.5) is 0 Å².